The predicted octanol–water partition coefficient (Wildman–Crippen LogP) is 3.14. The second-order valence-corrected chi connectivity index (χ2v) is 5.37. The Labute approximate surface area is 98.5 Å². The maximum Gasteiger partial charge on any atom is 0.348 e. The van der Waals surface area contributed by atoms with E-state index in [1.54, 1.807) is 0 Å². The summed E-state index contributed by atoms with van der Waals surface area (Å²) in [7, 11) is 0. The van der Waals surface area contributed by atoms with Crippen molar-refractivity contribution in [3.63, 3.8) is 0 Å². The van der Waals surface area contributed by atoms with Gasteiger partial charge in [-0.2, -0.15) is 0 Å². The summed E-state index contributed by atoms with van der Waals surface area (Å²) in [6, 6.07) is 0. The van der Waals surface area contributed by atoms with Gasteiger partial charge in [-0.15, -0.1) is 24.2 Å². The molecule has 7 heteroatoms. The average Bonchev–Trinajstić information content (AvgIpc) is 2.32. The van der Waals surface area contributed by atoms with Crippen LogP contribution in [-0.2, 0) is 0 Å². The molecule has 1 aromatic rings. The van der Waals surface area contributed by atoms with E-state index in [1.807, 2.05) is 6.92 Å². The normalized spacial score (nSPS) is 9.38. The molecule has 0 aliphatic carbocycles. The monoisotopic (exact) mass is 303 g/mol. The average molecular weight is 305 g/mol. The van der Waals surface area contributed by atoms with Crippen LogP contribution in [0.1, 0.15) is 16.6 Å². The molecule has 3 nitrogen and oxygen atoms in total. The summed E-state index contributed by atoms with van der Waals surface area (Å²) >= 11 is 5.74. The third kappa shape index (κ3) is 3.46. The minimum atomic E-state index is -0.908. The van der Waals surface area contributed by atoms with Crippen molar-refractivity contribution in [2.45, 2.75) is 11.9 Å². The van der Waals surface area contributed by atoms with Gasteiger partial charge in [-0.1, -0.05) is 18.3 Å². The minimum absolute atomic E-state index is 0. The van der Waals surface area contributed by atoms with E-state index >= 15 is 0 Å². The maximum absolute atomic E-state index is 10.6. The number of rotatable bonds is 3. The predicted molar refractivity (Wildman–Crippen MR) is 60.4 cm³/mol. The molecular formula is C6H7BrClNO2S2. The number of aromatic carboxylic acids is 1. The van der Waals surface area contributed by atoms with Crippen molar-refractivity contribution in [3.05, 3.63) is 8.79 Å². The Balaban J connectivity index is 0.00000144. The maximum atomic E-state index is 10.6. The van der Waals surface area contributed by atoms with E-state index in [0.717, 1.165) is 17.1 Å². The van der Waals surface area contributed by atoms with Crippen LogP contribution in [0.15, 0.2) is 8.94 Å². The number of thiazole rings is 1. The molecule has 0 aliphatic rings. The topological polar surface area (TPSA) is 50.2 Å². The molecule has 1 N–H and O–H groups in total. The molecule has 0 saturated heterocycles. The van der Waals surface area contributed by atoms with E-state index in [0.29, 0.717) is 13.8 Å². The van der Waals surface area contributed by atoms with E-state index in [-0.39, 0.29) is 12.4 Å². The molecule has 0 aromatic carbocycles. The molecular weight excluding hydrogens is 298 g/mol. The van der Waals surface area contributed by atoms with Crippen LogP contribution in [0.4, 0.5) is 0 Å². The van der Waals surface area contributed by atoms with Gasteiger partial charge in [0, 0.05) is 0 Å². The van der Waals surface area contributed by atoms with Crippen LogP contribution in [0.5, 0.6) is 0 Å². The van der Waals surface area contributed by atoms with Gasteiger partial charge in [0.25, 0.3) is 0 Å². The first kappa shape index (κ1) is 13.2. The lowest BCUT2D eigenvalue weighted by molar-refractivity contribution is 0.0698. The first-order chi connectivity index (χ1) is 5.65. The molecule has 0 amide bonds. The van der Waals surface area contributed by atoms with Crippen LogP contribution in [0.3, 0.4) is 0 Å². The number of hydrogen-bond donors (Lipinski definition) is 1. The van der Waals surface area contributed by atoms with Gasteiger partial charge in [0.15, 0.2) is 3.92 Å². The molecule has 0 fully saturated rings. The molecule has 0 bridgehead atoms. The molecule has 0 radical (unpaired) electrons. The highest BCUT2D eigenvalue weighted by atomic mass is 79.9. The number of carbonyl (C=O) groups is 1. The van der Waals surface area contributed by atoms with Gasteiger partial charge in [-0.3, -0.25) is 0 Å². The molecule has 74 valence electrons. The Hall–Kier alpha value is 0.220. The lowest BCUT2D eigenvalue weighted by Crippen LogP contribution is -1.94. The molecule has 1 rings (SSSR count). The van der Waals surface area contributed by atoms with Crippen molar-refractivity contribution in [2.75, 3.05) is 5.75 Å². The summed E-state index contributed by atoms with van der Waals surface area (Å²) in [5.74, 6) is -0.0784. The summed E-state index contributed by atoms with van der Waals surface area (Å²) in [6.45, 7) is 1.96. The van der Waals surface area contributed by atoms with E-state index in [2.05, 4.69) is 20.9 Å². The van der Waals surface area contributed by atoms with Crippen molar-refractivity contribution in [3.8, 4) is 0 Å². The number of thioether (sulfide) groups is 1. The number of hydrogen-bond acceptors (Lipinski definition) is 4. The van der Waals surface area contributed by atoms with Crippen molar-refractivity contribution in [2.24, 2.45) is 0 Å². The lowest BCUT2D eigenvalue weighted by atomic mass is 10.6. The zero-order valence-electron chi connectivity index (χ0n) is 6.61. The highest BCUT2D eigenvalue weighted by Gasteiger charge is 2.15. The Morgan fingerprint density at radius 1 is 1.77 bits per heavy atom. The van der Waals surface area contributed by atoms with Gasteiger partial charge in [0.2, 0.25) is 0 Å². The van der Waals surface area contributed by atoms with E-state index in [1.165, 1.54) is 11.8 Å². The minimum Gasteiger partial charge on any atom is -0.477 e. The lowest BCUT2D eigenvalue weighted by Gasteiger charge is -1.92. The molecule has 1 aromatic heterocycles. The van der Waals surface area contributed by atoms with Crippen LogP contribution in [0.25, 0.3) is 0 Å². The van der Waals surface area contributed by atoms with Crippen molar-refractivity contribution in [1.29, 1.82) is 0 Å². The highest BCUT2D eigenvalue weighted by Crippen LogP contribution is 2.30. The molecule has 0 atom stereocenters. The van der Waals surface area contributed by atoms with Gasteiger partial charge >= 0.3 is 5.97 Å². The van der Waals surface area contributed by atoms with Crippen LogP contribution >= 0.6 is 51.4 Å². The summed E-state index contributed by atoms with van der Waals surface area (Å²) in [5, 5.41) is 9.34. The Morgan fingerprint density at radius 3 is 2.85 bits per heavy atom. The largest absolute Gasteiger partial charge is 0.477 e. The van der Waals surface area contributed by atoms with Gasteiger partial charge in [0.1, 0.15) is 9.90 Å². The number of halogens is 2. The van der Waals surface area contributed by atoms with Gasteiger partial charge in [-0.25, -0.2) is 9.78 Å². The Morgan fingerprint density at radius 2 is 2.38 bits per heavy atom. The second-order valence-electron chi connectivity index (χ2n) is 1.84. The summed E-state index contributed by atoms with van der Waals surface area (Å²) < 4.78 is 0.621. The SMILES string of the molecule is CCSc1nc(Br)sc1C(=O)O.Cl. The Bertz CT molecular complexity index is 305. The molecule has 0 spiro atoms. The van der Waals surface area contributed by atoms with Gasteiger partial charge < -0.3 is 5.11 Å². The third-order valence-electron chi connectivity index (χ3n) is 1.05. The van der Waals surface area contributed by atoms with Gasteiger partial charge in [-0.05, 0) is 21.7 Å². The fourth-order valence-corrected chi connectivity index (χ4v) is 2.96. The van der Waals surface area contributed by atoms with Crippen LogP contribution < -0.4 is 0 Å². The number of aromatic nitrogens is 1. The van der Waals surface area contributed by atoms with E-state index in [9.17, 15) is 4.79 Å². The first-order valence-corrected chi connectivity index (χ1v) is 5.77. The zero-order valence-corrected chi connectivity index (χ0v) is 10.6. The smallest absolute Gasteiger partial charge is 0.348 e. The fourth-order valence-electron chi connectivity index (χ4n) is 0.651. The summed E-state index contributed by atoms with van der Waals surface area (Å²) in [5.41, 5.74) is 0. The molecule has 1 heterocycles. The van der Waals surface area contributed by atoms with E-state index in [4.69, 9.17) is 5.11 Å². The molecule has 0 saturated carbocycles. The molecule has 13 heavy (non-hydrogen) atoms. The van der Waals surface area contributed by atoms with E-state index < -0.39 is 5.97 Å². The fraction of sp³-hybridized carbons (Fsp3) is 0.333. The summed E-state index contributed by atoms with van der Waals surface area (Å²) in [6.07, 6.45) is 0. The zero-order chi connectivity index (χ0) is 9.14. The quantitative estimate of drug-likeness (QED) is 0.872. The van der Waals surface area contributed by atoms with Crippen LogP contribution in [-0.4, -0.2) is 21.8 Å². The second kappa shape index (κ2) is 5.85. The van der Waals surface area contributed by atoms with Crippen molar-refractivity contribution < 1.29 is 9.90 Å². The number of carboxylic acids is 1. The third-order valence-corrected chi connectivity index (χ3v) is 3.53. The van der Waals surface area contributed by atoms with Crippen LogP contribution in [0.2, 0.25) is 0 Å². The first-order valence-electron chi connectivity index (χ1n) is 3.17. The highest BCUT2D eigenvalue weighted by molar-refractivity contribution is 9.11. The van der Waals surface area contributed by atoms with Crippen molar-refractivity contribution in [1.82, 2.24) is 4.98 Å². The number of carboxylic acid groups (broad SMARTS) is 1. The Kier molecular flexibility index (Phi) is 5.95. The van der Waals surface area contributed by atoms with Gasteiger partial charge in [0.05, 0.1) is 0 Å². The van der Waals surface area contributed by atoms with Crippen molar-refractivity contribution >= 4 is 57.4 Å². The standard InChI is InChI=1S/C6H6BrNO2S2.ClH/c1-2-11-4-3(5(9)10)12-6(7)8-4;/h2H2,1H3,(H,9,10);1H. The molecule has 0 aliphatic heterocycles. The number of nitrogens with zero attached hydrogens (tertiary/aromatic N) is 1. The summed E-state index contributed by atoms with van der Waals surface area (Å²) in [4.78, 5) is 15.0. The van der Waals surface area contributed by atoms with Crippen LogP contribution in [0, 0.1) is 0 Å². The molecule has 0 unspecified atom stereocenters.